The van der Waals surface area contributed by atoms with Crippen LogP contribution < -0.4 is 4.74 Å². The number of amides is 2. The number of methoxy groups -OCH3 is 1. The number of hydrogen-bond donors (Lipinski definition) is 0. The molecule has 2 aliphatic heterocycles. The number of carbonyl (C=O) groups is 2. The molecule has 0 bridgehead atoms. The van der Waals surface area contributed by atoms with E-state index in [2.05, 4.69) is 4.98 Å². The summed E-state index contributed by atoms with van der Waals surface area (Å²) in [6.07, 6.45) is 3.31. The van der Waals surface area contributed by atoms with Crippen molar-refractivity contribution in [3.05, 3.63) is 23.9 Å². The highest BCUT2D eigenvalue weighted by Crippen LogP contribution is 2.29. The highest BCUT2D eigenvalue weighted by atomic mass is 16.5. The van der Waals surface area contributed by atoms with E-state index in [0.717, 1.165) is 18.4 Å². The quantitative estimate of drug-likeness (QED) is 0.826. The molecule has 2 amide bonds. The van der Waals surface area contributed by atoms with Crippen LogP contribution in [-0.4, -0.2) is 52.3 Å². The van der Waals surface area contributed by atoms with Gasteiger partial charge in [0.05, 0.1) is 13.7 Å². The van der Waals surface area contributed by atoms with E-state index in [1.807, 2.05) is 6.07 Å². The molecule has 2 aliphatic rings. The van der Waals surface area contributed by atoms with E-state index in [0.29, 0.717) is 19.0 Å². The molecule has 21 heavy (non-hydrogen) atoms. The highest BCUT2D eigenvalue weighted by molar-refractivity contribution is 5.97. The second kappa shape index (κ2) is 5.35. The van der Waals surface area contributed by atoms with E-state index in [1.165, 1.54) is 0 Å². The van der Waals surface area contributed by atoms with Crippen LogP contribution >= 0.6 is 0 Å². The van der Waals surface area contributed by atoms with Crippen molar-refractivity contribution in [3.8, 4) is 5.88 Å². The summed E-state index contributed by atoms with van der Waals surface area (Å²) in [6, 6.07) is 2.96. The molecule has 3 rings (SSSR count). The third kappa shape index (κ3) is 2.24. The molecule has 0 aromatic carbocycles. The summed E-state index contributed by atoms with van der Waals surface area (Å²) in [6.45, 7) is 2.84. The number of fused-ring (bicyclic) bond motifs is 1. The summed E-state index contributed by atoms with van der Waals surface area (Å²) < 4.78 is 5.23. The molecule has 6 heteroatoms. The van der Waals surface area contributed by atoms with Gasteiger partial charge in [0.25, 0.3) is 0 Å². The average molecular weight is 289 g/mol. The van der Waals surface area contributed by atoms with Crippen LogP contribution in [0.2, 0.25) is 0 Å². The highest BCUT2D eigenvalue weighted by Gasteiger charge is 2.45. The van der Waals surface area contributed by atoms with E-state index in [4.69, 9.17) is 4.74 Å². The van der Waals surface area contributed by atoms with Gasteiger partial charge >= 0.3 is 0 Å². The van der Waals surface area contributed by atoms with Crippen LogP contribution in [0.5, 0.6) is 5.88 Å². The Hall–Kier alpha value is -2.11. The van der Waals surface area contributed by atoms with Crippen molar-refractivity contribution < 1.29 is 14.3 Å². The van der Waals surface area contributed by atoms with Crippen LogP contribution in [0.25, 0.3) is 0 Å². The maximum Gasteiger partial charge on any atom is 0.246 e. The molecule has 0 spiro atoms. The van der Waals surface area contributed by atoms with Crippen LogP contribution in [0.1, 0.15) is 25.3 Å². The molecule has 1 aromatic rings. The molecular formula is C15H19N3O3. The minimum atomic E-state index is -0.434. The van der Waals surface area contributed by atoms with E-state index >= 15 is 0 Å². The normalized spacial score (nSPS) is 25.2. The maximum atomic E-state index is 12.6. The topological polar surface area (TPSA) is 62.7 Å². The Kier molecular flexibility index (Phi) is 3.53. The van der Waals surface area contributed by atoms with Crippen molar-refractivity contribution in [1.82, 2.24) is 14.8 Å². The smallest absolute Gasteiger partial charge is 0.246 e. The molecule has 0 aliphatic carbocycles. The van der Waals surface area contributed by atoms with Crippen LogP contribution in [0.4, 0.5) is 0 Å². The lowest BCUT2D eigenvalue weighted by atomic mass is 10.1. The van der Waals surface area contributed by atoms with Crippen molar-refractivity contribution >= 4 is 11.8 Å². The summed E-state index contributed by atoms with van der Waals surface area (Å²) in [5, 5.41) is 0. The lowest BCUT2D eigenvalue weighted by molar-refractivity contribution is -0.159. The largest absolute Gasteiger partial charge is 0.481 e. The zero-order valence-electron chi connectivity index (χ0n) is 12.3. The van der Waals surface area contributed by atoms with Gasteiger partial charge in [-0.2, -0.15) is 0 Å². The molecule has 0 unspecified atom stereocenters. The molecular weight excluding hydrogens is 270 g/mol. The molecule has 6 nitrogen and oxygen atoms in total. The minimum absolute atomic E-state index is 0.0329. The van der Waals surface area contributed by atoms with Crippen molar-refractivity contribution in [2.75, 3.05) is 13.7 Å². The summed E-state index contributed by atoms with van der Waals surface area (Å²) in [4.78, 5) is 32.5. The van der Waals surface area contributed by atoms with E-state index in [-0.39, 0.29) is 17.9 Å². The van der Waals surface area contributed by atoms with Gasteiger partial charge in [-0.25, -0.2) is 4.98 Å². The van der Waals surface area contributed by atoms with Crippen molar-refractivity contribution in [3.63, 3.8) is 0 Å². The molecule has 0 N–H and O–H groups in total. The number of carbonyl (C=O) groups excluding carboxylic acids is 2. The molecule has 2 atom stereocenters. The molecule has 0 radical (unpaired) electrons. The number of ether oxygens (including phenoxy) is 1. The van der Waals surface area contributed by atoms with Gasteiger partial charge in [0.15, 0.2) is 0 Å². The third-order valence-corrected chi connectivity index (χ3v) is 4.31. The Morgan fingerprint density at radius 3 is 2.95 bits per heavy atom. The predicted octanol–water partition coefficient (Wildman–Crippen LogP) is 0.812. The average Bonchev–Trinajstić information content (AvgIpc) is 2.99. The molecule has 3 heterocycles. The number of pyridine rings is 1. The predicted molar refractivity (Wildman–Crippen MR) is 75.5 cm³/mol. The fourth-order valence-electron chi connectivity index (χ4n) is 3.17. The molecule has 112 valence electrons. The molecule has 1 aromatic heterocycles. The number of nitrogens with zero attached hydrogens (tertiary/aromatic N) is 3. The SMILES string of the molecule is COc1ncccc1CN1C(=O)[C@H]2CCCN2C(=O)[C@@H]1C. The van der Waals surface area contributed by atoms with Gasteiger partial charge in [0.2, 0.25) is 17.7 Å². The Balaban J connectivity index is 1.87. The number of piperazine rings is 1. The van der Waals surface area contributed by atoms with Gasteiger partial charge in [-0.05, 0) is 25.8 Å². The van der Waals surface area contributed by atoms with Gasteiger partial charge in [-0.1, -0.05) is 6.07 Å². The summed E-state index contributed by atoms with van der Waals surface area (Å²) in [5.74, 6) is 0.573. The van der Waals surface area contributed by atoms with Gasteiger partial charge in [0, 0.05) is 18.3 Å². The van der Waals surface area contributed by atoms with Gasteiger partial charge < -0.3 is 14.5 Å². The Labute approximate surface area is 123 Å². The summed E-state index contributed by atoms with van der Waals surface area (Å²) in [7, 11) is 1.55. The third-order valence-electron chi connectivity index (χ3n) is 4.31. The van der Waals surface area contributed by atoms with Gasteiger partial charge in [-0.15, -0.1) is 0 Å². The fourth-order valence-corrected chi connectivity index (χ4v) is 3.17. The zero-order valence-corrected chi connectivity index (χ0v) is 12.3. The fraction of sp³-hybridized carbons (Fsp3) is 0.533. The van der Waals surface area contributed by atoms with E-state index in [9.17, 15) is 9.59 Å². The second-order valence-electron chi connectivity index (χ2n) is 5.50. The molecule has 2 fully saturated rings. The first-order chi connectivity index (χ1) is 10.1. The Morgan fingerprint density at radius 2 is 2.19 bits per heavy atom. The second-order valence-corrected chi connectivity index (χ2v) is 5.50. The van der Waals surface area contributed by atoms with Crippen LogP contribution in [0, 0.1) is 0 Å². The maximum absolute atomic E-state index is 12.6. The number of aromatic nitrogens is 1. The van der Waals surface area contributed by atoms with E-state index in [1.54, 1.807) is 36.1 Å². The first kappa shape index (κ1) is 13.9. The Morgan fingerprint density at radius 1 is 1.38 bits per heavy atom. The monoisotopic (exact) mass is 289 g/mol. The van der Waals surface area contributed by atoms with Crippen LogP contribution in [0.3, 0.4) is 0 Å². The molecule has 2 saturated heterocycles. The Bertz CT molecular complexity index is 575. The number of rotatable bonds is 3. The van der Waals surface area contributed by atoms with Gasteiger partial charge in [0.1, 0.15) is 12.1 Å². The first-order valence-corrected chi connectivity index (χ1v) is 7.22. The minimum Gasteiger partial charge on any atom is -0.481 e. The van der Waals surface area contributed by atoms with Gasteiger partial charge in [-0.3, -0.25) is 9.59 Å². The lowest BCUT2D eigenvalue weighted by Crippen LogP contribution is -2.61. The first-order valence-electron chi connectivity index (χ1n) is 7.22. The zero-order chi connectivity index (χ0) is 15.0. The van der Waals surface area contributed by atoms with Crippen LogP contribution in [-0.2, 0) is 16.1 Å². The van der Waals surface area contributed by atoms with Crippen LogP contribution in [0.15, 0.2) is 18.3 Å². The number of hydrogen-bond acceptors (Lipinski definition) is 4. The van der Waals surface area contributed by atoms with Crippen molar-refractivity contribution in [2.45, 2.75) is 38.4 Å². The molecule has 0 saturated carbocycles. The summed E-state index contributed by atoms with van der Waals surface area (Å²) >= 11 is 0. The van der Waals surface area contributed by atoms with E-state index < -0.39 is 6.04 Å². The van der Waals surface area contributed by atoms with Crippen molar-refractivity contribution in [1.29, 1.82) is 0 Å². The van der Waals surface area contributed by atoms with Crippen molar-refractivity contribution in [2.24, 2.45) is 0 Å². The summed E-state index contributed by atoms with van der Waals surface area (Å²) in [5.41, 5.74) is 0.819. The standard InChI is InChI=1S/C15H19N3O3/c1-10-14(19)17-8-4-6-12(17)15(20)18(10)9-11-5-3-7-16-13(11)21-2/h3,5,7,10,12H,4,6,8-9H2,1-2H3/t10-,12+/m0/s1. The lowest BCUT2D eigenvalue weighted by Gasteiger charge is -2.41.